The van der Waals surface area contributed by atoms with Crippen LogP contribution in [0.5, 0.6) is 11.5 Å². The number of anilines is 4. The summed E-state index contributed by atoms with van der Waals surface area (Å²) >= 11 is 0. The van der Waals surface area contributed by atoms with E-state index in [9.17, 15) is 19.2 Å². The van der Waals surface area contributed by atoms with Crippen LogP contribution in [0, 0.1) is 0 Å². The third-order valence-electron chi connectivity index (χ3n) is 11.3. The van der Waals surface area contributed by atoms with E-state index in [0.717, 1.165) is 64.2 Å². The number of carbonyl (C=O) groups excluding carboxylic acids is 4. The van der Waals surface area contributed by atoms with Crippen molar-refractivity contribution in [3.63, 3.8) is 0 Å². The second kappa shape index (κ2) is 37.7. The third kappa shape index (κ3) is 27.6. The number of hydrogen-bond acceptors (Lipinski definition) is 8. The average Bonchev–Trinajstić information content (AvgIpc) is 3.29. The molecule has 0 saturated carbocycles. The highest BCUT2D eigenvalue weighted by Crippen LogP contribution is 2.30. The standard InChI is InChI=1S/C54H86N4O6/c1-5-9-13-17-21-23-27-31-45(59)37-39-55-49-35-33-47(63-41-29-25-19-15-11-7-3)43-51(49)57-53(61)54(62)58-52-44-48(64-42-30-26-20-16-12-8-4)34-36-50(52)56-40-38-46(60)32-28-24-22-18-14-10-6-2/h33-40,43-44,55-56H,5-32,41-42H2,1-4H3,(H,57,61)(H,58,62)/b39-37+,40-38+. The van der Waals surface area contributed by atoms with Crippen LogP contribution in [0.3, 0.4) is 0 Å². The molecule has 0 unspecified atom stereocenters. The molecule has 0 aliphatic heterocycles. The van der Waals surface area contributed by atoms with Crippen LogP contribution in [0.4, 0.5) is 22.7 Å². The van der Waals surface area contributed by atoms with E-state index in [0.29, 0.717) is 60.3 Å². The van der Waals surface area contributed by atoms with Crippen molar-refractivity contribution in [1.29, 1.82) is 0 Å². The molecule has 0 radical (unpaired) electrons. The lowest BCUT2D eigenvalue weighted by molar-refractivity contribution is -0.132. The summed E-state index contributed by atoms with van der Waals surface area (Å²) in [5, 5.41) is 11.8. The smallest absolute Gasteiger partial charge is 0.314 e. The zero-order valence-electron chi connectivity index (χ0n) is 40.4. The van der Waals surface area contributed by atoms with Crippen molar-refractivity contribution in [2.75, 3.05) is 34.5 Å². The van der Waals surface area contributed by atoms with E-state index in [-0.39, 0.29) is 11.6 Å². The van der Waals surface area contributed by atoms with Crippen molar-refractivity contribution < 1.29 is 28.7 Å². The Bertz CT molecular complexity index is 1520. The lowest BCUT2D eigenvalue weighted by Gasteiger charge is -2.16. The molecular formula is C54H86N4O6. The fourth-order valence-electron chi connectivity index (χ4n) is 7.32. The van der Waals surface area contributed by atoms with Gasteiger partial charge in [-0.3, -0.25) is 19.2 Å². The van der Waals surface area contributed by atoms with Crippen molar-refractivity contribution in [1.82, 2.24) is 0 Å². The van der Waals surface area contributed by atoms with E-state index in [2.05, 4.69) is 49.0 Å². The lowest BCUT2D eigenvalue weighted by atomic mass is 10.1. The number of rotatable bonds is 40. The van der Waals surface area contributed by atoms with E-state index in [1.807, 2.05) is 12.1 Å². The molecule has 0 aromatic heterocycles. The van der Waals surface area contributed by atoms with Gasteiger partial charge >= 0.3 is 11.8 Å². The molecule has 0 aliphatic rings. The zero-order chi connectivity index (χ0) is 46.3. The van der Waals surface area contributed by atoms with E-state index in [1.54, 1.807) is 36.7 Å². The largest absolute Gasteiger partial charge is 0.494 e. The van der Waals surface area contributed by atoms with Crippen LogP contribution in [0.25, 0.3) is 0 Å². The molecule has 0 heterocycles. The monoisotopic (exact) mass is 887 g/mol. The first-order valence-corrected chi connectivity index (χ1v) is 25.4. The van der Waals surface area contributed by atoms with Gasteiger partial charge in [-0.15, -0.1) is 0 Å². The molecule has 64 heavy (non-hydrogen) atoms. The maximum absolute atomic E-state index is 13.6. The van der Waals surface area contributed by atoms with Crippen molar-refractivity contribution >= 4 is 46.1 Å². The van der Waals surface area contributed by atoms with Crippen LogP contribution >= 0.6 is 0 Å². The van der Waals surface area contributed by atoms with Crippen LogP contribution in [-0.4, -0.2) is 36.6 Å². The predicted octanol–water partition coefficient (Wildman–Crippen LogP) is 15.0. The van der Waals surface area contributed by atoms with Gasteiger partial charge in [-0.1, -0.05) is 169 Å². The Labute approximate surface area is 388 Å². The maximum Gasteiger partial charge on any atom is 0.314 e. The molecular weight excluding hydrogens is 801 g/mol. The first kappa shape index (κ1) is 55.5. The highest BCUT2D eigenvalue weighted by Gasteiger charge is 2.19. The lowest BCUT2D eigenvalue weighted by Crippen LogP contribution is -2.29. The summed E-state index contributed by atoms with van der Waals surface area (Å²) < 4.78 is 12.1. The predicted molar refractivity (Wildman–Crippen MR) is 269 cm³/mol. The minimum Gasteiger partial charge on any atom is -0.494 e. The first-order chi connectivity index (χ1) is 31.3. The molecule has 0 bridgehead atoms. The van der Waals surface area contributed by atoms with Gasteiger partial charge in [0, 0.05) is 37.4 Å². The zero-order valence-corrected chi connectivity index (χ0v) is 40.4. The Balaban J connectivity index is 2.17. The number of unbranched alkanes of at least 4 members (excludes halogenated alkanes) is 22. The molecule has 10 heteroatoms. The molecule has 0 spiro atoms. The molecule has 0 atom stereocenters. The normalized spacial score (nSPS) is 11.2. The molecule has 4 N–H and O–H groups in total. The Morgan fingerprint density at radius 2 is 0.719 bits per heavy atom. The summed E-state index contributed by atoms with van der Waals surface area (Å²) in [6, 6.07) is 10.5. The first-order valence-electron chi connectivity index (χ1n) is 25.4. The van der Waals surface area contributed by atoms with Crippen molar-refractivity contribution in [3.8, 4) is 11.5 Å². The molecule has 0 aliphatic carbocycles. The van der Waals surface area contributed by atoms with Gasteiger partial charge in [0.05, 0.1) is 36.0 Å². The molecule has 10 nitrogen and oxygen atoms in total. The number of allylic oxidation sites excluding steroid dienone is 2. The van der Waals surface area contributed by atoms with Crippen LogP contribution in [0.1, 0.15) is 207 Å². The number of benzene rings is 2. The summed E-state index contributed by atoms with van der Waals surface area (Å²) in [7, 11) is 0. The quantitative estimate of drug-likeness (QED) is 0.0295. The number of ether oxygens (including phenoxy) is 2. The van der Waals surface area contributed by atoms with Gasteiger partial charge < -0.3 is 30.7 Å². The fraction of sp³-hybridized carbons (Fsp3) is 0.630. The minimum atomic E-state index is -0.889. The number of ketones is 2. The Morgan fingerprint density at radius 3 is 1.06 bits per heavy atom. The molecule has 2 amide bonds. The topological polar surface area (TPSA) is 135 Å². The second-order valence-corrected chi connectivity index (χ2v) is 17.2. The van der Waals surface area contributed by atoms with Gasteiger partial charge in [-0.05, 0) is 62.1 Å². The summed E-state index contributed by atoms with van der Waals surface area (Å²) in [5.74, 6) is -0.604. The van der Waals surface area contributed by atoms with Crippen LogP contribution in [0.2, 0.25) is 0 Å². The molecule has 0 saturated heterocycles. The molecule has 0 fully saturated rings. The van der Waals surface area contributed by atoms with Crippen molar-refractivity contribution in [3.05, 3.63) is 61.0 Å². The van der Waals surface area contributed by atoms with E-state index < -0.39 is 11.8 Å². The number of carbonyl (C=O) groups is 4. The van der Waals surface area contributed by atoms with Crippen LogP contribution in [0.15, 0.2) is 61.0 Å². The van der Waals surface area contributed by atoms with Gasteiger partial charge in [0.1, 0.15) is 11.5 Å². The number of amides is 2. The molecule has 2 aromatic rings. The van der Waals surface area contributed by atoms with E-state index in [1.165, 1.54) is 115 Å². The number of nitrogens with one attached hydrogen (secondary N) is 4. The molecule has 358 valence electrons. The SMILES string of the molecule is CCCCCCCCCC(=O)/C=C/Nc1ccc(OCCCCCCCC)cc1NC(=O)C(=O)Nc1cc(OCCCCCCCC)ccc1N/C=C/C(=O)CCCCCCCCC. The minimum absolute atomic E-state index is 0.0277. The Kier molecular flexibility index (Phi) is 32.7. The highest BCUT2D eigenvalue weighted by atomic mass is 16.5. The van der Waals surface area contributed by atoms with Gasteiger partial charge in [-0.2, -0.15) is 0 Å². The van der Waals surface area contributed by atoms with E-state index >= 15 is 0 Å². The molecule has 2 aromatic carbocycles. The van der Waals surface area contributed by atoms with Gasteiger partial charge in [0.15, 0.2) is 11.6 Å². The highest BCUT2D eigenvalue weighted by molar-refractivity contribution is 6.44. The maximum atomic E-state index is 13.6. The van der Waals surface area contributed by atoms with Gasteiger partial charge in [-0.25, -0.2) is 0 Å². The summed E-state index contributed by atoms with van der Waals surface area (Å²) in [5.41, 5.74) is 1.68. The fourth-order valence-corrected chi connectivity index (χ4v) is 7.32. The summed E-state index contributed by atoms with van der Waals surface area (Å²) in [6.07, 6.45) is 36.7. The summed E-state index contributed by atoms with van der Waals surface area (Å²) in [6.45, 7) is 9.89. The molecule has 2 rings (SSSR count). The van der Waals surface area contributed by atoms with Crippen LogP contribution in [-0.2, 0) is 19.2 Å². The van der Waals surface area contributed by atoms with Gasteiger partial charge in [0.2, 0.25) is 0 Å². The summed E-state index contributed by atoms with van der Waals surface area (Å²) in [4.78, 5) is 52.5. The van der Waals surface area contributed by atoms with Crippen LogP contribution < -0.4 is 30.7 Å². The van der Waals surface area contributed by atoms with E-state index in [4.69, 9.17) is 9.47 Å². The average molecular weight is 887 g/mol. The van der Waals surface area contributed by atoms with Crippen molar-refractivity contribution in [2.45, 2.75) is 207 Å². The van der Waals surface area contributed by atoms with Gasteiger partial charge in [0.25, 0.3) is 0 Å². The van der Waals surface area contributed by atoms with Crippen molar-refractivity contribution in [2.24, 2.45) is 0 Å². The Hall–Kier alpha value is -4.60. The number of hydrogen-bond donors (Lipinski definition) is 4. The third-order valence-corrected chi connectivity index (χ3v) is 11.3. The second-order valence-electron chi connectivity index (χ2n) is 17.2. The Morgan fingerprint density at radius 1 is 0.406 bits per heavy atom.